The Kier molecular flexibility index (Phi) is 6.57. The largest absolute Gasteiger partial charge is 0.387 e. The lowest BCUT2D eigenvalue weighted by Gasteiger charge is -2.31. The third-order valence-electron chi connectivity index (χ3n) is 5.78. The molecule has 0 unspecified atom stereocenters. The van der Waals surface area contributed by atoms with Crippen molar-refractivity contribution in [3.63, 3.8) is 0 Å². The molecule has 1 aliphatic carbocycles. The Bertz CT molecular complexity index is 1020. The van der Waals surface area contributed by atoms with Gasteiger partial charge in [-0.3, -0.25) is 5.41 Å². The third kappa shape index (κ3) is 4.75. The van der Waals surface area contributed by atoms with Gasteiger partial charge in [-0.1, -0.05) is 42.5 Å². The molecule has 10 heteroatoms. The molecule has 1 aromatic carbocycles. The zero-order valence-corrected chi connectivity index (χ0v) is 18.5. The number of benzene rings is 1. The zero-order valence-electron chi connectivity index (χ0n) is 17.0. The second kappa shape index (κ2) is 9.36. The number of hydrogen-bond acceptors (Lipinski definition) is 5. The fourth-order valence-corrected chi connectivity index (χ4v) is 4.53. The molecule has 4 rings (SSSR count). The maximum absolute atomic E-state index is 14.0. The van der Waals surface area contributed by atoms with Gasteiger partial charge in [0, 0.05) is 36.1 Å². The molecule has 0 spiro atoms. The lowest BCUT2D eigenvalue weighted by Crippen LogP contribution is -2.34. The van der Waals surface area contributed by atoms with Crippen molar-refractivity contribution in [3.8, 4) is 0 Å². The number of aromatic nitrogens is 2. The number of amidine groups is 2. The topological polar surface area (TPSA) is 103 Å². The highest BCUT2D eigenvalue weighted by atomic mass is 35.5. The van der Waals surface area contributed by atoms with Gasteiger partial charge in [-0.05, 0) is 31.0 Å². The fraction of sp³-hybridized carbons (Fsp3) is 0.429. The Hall–Kier alpha value is -2.45. The first-order chi connectivity index (χ1) is 14.9. The average molecular weight is 464 g/mol. The van der Waals surface area contributed by atoms with Crippen LogP contribution in [0.4, 0.5) is 15.9 Å². The van der Waals surface area contributed by atoms with Gasteiger partial charge < -0.3 is 16.0 Å². The van der Waals surface area contributed by atoms with Gasteiger partial charge in [-0.25, -0.2) is 9.38 Å². The summed E-state index contributed by atoms with van der Waals surface area (Å²) in [5.74, 6) is 0.744. The Morgan fingerprint density at radius 1 is 1.26 bits per heavy atom. The predicted octanol–water partition coefficient (Wildman–Crippen LogP) is 4.62. The van der Waals surface area contributed by atoms with E-state index in [1.165, 1.54) is 18.6 Å². The van der Waals surface area contributed by atoms with Gasteiger partial charge in [0.25, 0.3) is 0 Å². The molecule has 2 heterocycles. The van der Waals surface area contributed by atoms with Crippen molar-refractivity contribution < 1.29 is 4.39 Å². The Labute approximate surface area is 190 Å². The minimum atomic E-state index is -0.515. The molecule has 7 nitrogen and oxygen atoms in total. The van der Waals surface area contributed by atoms with Crippen LogP contribution in [0.25, 0.3) is 0 Å². The van der Waals surface area contributed by atoms with Crippen LogP contribution in [-0.2, 0) is 6.54 Å². The molecule has 1 saturated carbocycles. The number of rotatable bonds is 4. The molecular formula is C21H24Cl2FN7. The summed E-state index contributed by atoms with van der Waals surface area (Å²) in [7, 11) is 0. The number of nitrogens with zero attached hydrogens (tertiary/aromatic N) is 4. The van der Waals surface area contributed by atoms with Crippen molar-refractivity contribution in [3.05, 3.63) is 45.3 Å². The number of halogens is 3. The summed E-state index contributed by atoms with van der Waals surface area (Å²) in [6.07, 6.45) is 5.51. The Balaban J connectivity index is 1.59. The normalized spacial score (nSPS) is 17.3. The van der Waals surface area contributed by atoms with Crippen molar-refractivity contribution in [1.29, 1.82) is 5.41 Å². The van der Waals surface area contributed by atoms with Crippen LogP contribution in [0.1, 0.15) is 43.4 Å². The molecule has 2 aromatic rings. The van der Waals surface area contributed by atoms with Gasteiger partial charge in [0.2, 0.25) is 0 Å². The minimum absolute atomic E-state index is 0.00687. The summed E-state index contributed by atoms with van der Waals surface area (Å²) in [6, 6.07) is 4.49. The van der Waals surface area contributed by atoms with Crippen LogP contribution in [0.5, 0.6) is 0 Å². The van der Waals surface area contributed by atoms with E-state index < -0.39 is 5.82 Å². The maximum atomic E-state index is 14.0. The van der Waals surface area contributed by atoms with E-state index in [2.05, 4.69) is 20.5 Å². The first kappa shape index (κ1) is 21.8. The number of aliphatic imine (C=N–C) groups is 1. The smallest absolute Gasteiger partial charge is 0.174 e. The molecule has 164 valence electrons. The fourth-order valence-electron chi connectivity index (χ4n) is 4.04. The number of nitrogens with two attached hydrogens (primary N) is 1. The first-order valence-electron chi connectivity index (χ1n) is 10.4. The highest BCUT2D eigenvalue weighted by Gasteiger charge is 2.23. The van der Waals surface area contributed by atoms with E-state index in [0.717, 1.165) is 31.4 Å². The molecule has 0 saturated heterocycles. The number of anilines is 2. The summed E-state index contributed by atoms with van der Waals surface area (Å²) in [5, 5.41) is 20.3. The van der Waals surface area contributed by atoms with E-state index in [1.807, 2.05) is 4.90 Å². The second-order valence-corrected chi connectivity index (χ2v) is 8.64. The molecule has 2 aliphatic rings. The van der Waals surface area contributed by atoms with E-state index >= 15 is 0 Å². The van der Waals surface area contributed by atoms with Crippen LogP contribution in [0, 0.1) is 17.1 Å². The van der Waals surface area contributed by atoms with E-state index in [-0.39, 0.29) is 16.8 Å². The molecule has 0 atom stereocenters. The number of hydrogen-bond donors (Lipinski definition) is 3. The summed E-state index contributed by atoms with van der Waals surface area (Å²) < 4.78 is 14.0. The standard InChI is InChI=1S/C21H24Cl2FN7/c22-14-6-7-15(24)18(23)13(14)11-31-9-8-27-21-17(31)10-16(29-30-21)20(26)28-19(25)12-4-2-1-3-5-12/h6-7,10,12H,1-5,8-9,11H2,(H,27,30)(H3,25,26,28). The SMILES string of the molecule is N=C(N=C(N)C1CCCCC1)c1cc2c(nn1)NCCN2Cc1c(Cl)ccc(F)c1Cl. The van der Waals surface area contributed by atoms with Crippen molar-refractivity contribution in [2.45, 2.75) is 38.6 Å². The van der Waals surface area contributed by atoms with E-state index in [9.17, 15) is 4.39 Å². The lowest BCUT2D eigenvalue weighted by molar-refractivity contribution is 0.437. The van der Waals surface area contributed by atoms with Crippen molar-refractivity contribution in [2.75, 3.05) is 23.3 Å². The molecule has 0 bridgehead atoms. The molecule has 1 aromatic heterocycles. The van der Waals surface area contributed by atoms with Crippen LogP contribution in [0.15, 0.2) is 23.2 Å². The van der Waals surface area contributed by atoms with E-state index in [0.29, 0.717) is 47.6 Å². The van der Waals surface area contributed by atoms with Gasteiger partial charge >= 0.3 is 0 Å². The van der Waals surface area contributed by atoms with Crippen LogP contribution in [-0.4, -0.2) is 35.0 Å². The highest BCUT2D eigenvalue weighted by molar-refractivity contribution is 6.36. The zero-order chi connectivity index (χ0) is 22.0. The van der Waals surface area contributed by atoms with Crippen LogP contribution in [0.3, 0.4) is 0 Å². The number of fused-ring (bicyclic) bond motifs is 1. The predicted molar refractivity (Wildman–Crippen MR) is 123 cm³/mol. The molecule has 0 radical (unpaired) electrons. The highest BCUT2D eigenvalue weighted by Crippen LogP contribution is 2.33. The van der Waals surface area contributed by atoms with Gasteiger partial charge in [-0.15, -0.1) is 10.2 Å². The van der Waals surface area contributed by atoms with Crippen molar-refractivity contribution in [2.24, 2.45) is 16.6 Å². The summed E-state index contributed by atoms with van der Waals surface area (Å²) >= 11 is 12.4. The van der Waals surface area contributed by atoms with E-state index in [1.54, 1.807) is 6.07 Å². The monoisotopic (exact) mass is 463 g/mol. The summed E-state index contributed by atoms with van der Waals surface area (Å²) in [4.78, 5) is 6.30. The number of nitrogens with one attached hydrogen (secondary N) is 2. The van der Waals surface area contributed by atoms with Crippen LogP contribution < -0.4 is 16.0 Å². The van der Waals surface area contributed by atoms with Crippen molar-refractivity contribution >= 4 is 46.4 Å². The molecule has 1 aliphatic heterocycles. The molecule has 31 heavy (non-hydrogen) atoms. The van der Waals surface area contributed by atoms with Crippen molar-refractivity contribution in [1.82, 2.24) is 10.2 Å². The second-order valence-electron chi connectivity index (χ2n) is 7.85. The molecular weight excluding hydrogens is 440 g/mol. The van der Waals surface area contributed by atoms with E-state index in [4.69, 9.17) is 34.3 Å². The van der Waals surface area contributed by atoms with Crippen LogP contribution in [0.2, 0.25) is 10.0 Å². The summed E-state index contributed by atoms with van der Waals surface area (Å²) in [5.41, 5.74) is 7.73. The van der Waals surface area contributed by atoms with Crippen LogP contribution >= 0.6 is 23.2 Å². The minimum Gasteiger partial charge on any atom is -0.387 e. The maximum Gasteiger partial charge on any atom is 0.174 e. The molecule has 1 fully saturated rings. The third-order valence-corrected chi connectivity index (χ3v) is 6.55. The van der Waals surface area contributed by atoms with Gasteiger partial charge in [0.15, 0.2) is 11.7 Å². The quantitative estimate of drug-likeness (QED) is 0.348. The average Bonchev–Trinajstić information content (AvgIpc) is 2.79. The van der Waals surface area contributed by atoms with Gasteiger partial charge in [0.05, 0.1) is 10.7 Å². The molecule has 0 amide bonds. The first-order valence-corrected chi connectivity index (χ1v) is 11.1. The van der Waals surface area contributed by atoms with Gasteiger partial charge in [0.1, 0.15) is 17.3 Å². The Morgan fingerprint density at radius 2 is 2.03 bits per heavy atom. The summed E-state index contributed by atoms with van der Waals surface area (Å²) in [6.45, 7) is 1.56. The lowest BCUT2D eigenvalue weighted by atomic mass is 9.88. The van der Waals surface area contributed by atoms with Gasteiger partial charge in [-0.2, -0.15) is 0 Å². The molecule has 4 N–H and O–H groups in total. The Morgan fingerprint density at radius 3 is 2.81 bits per heavy atom.